The Morgan fingerprint density at radius 2 is 0.533 bits per heavy atom. The molecule has 0 aliphatic heterocycles. The van der Waals surface area contributed by atoms with Crippen LogP contribution in [0.25, 0.3) is 0 Å². The molecule has 0 heterocycles. The molecule has 0 amide bonds. The predicted octanol–water partition coefficient (Wildman–Crippen LogP) is 0.673. The molecule has 15 heavy (non-hydrogen) atoms. The zero-order valence-electron chi connectivity index (χ0n) is 9.57. The second-order valence-corrected chi connectivity index (χ2v) is 3.37. The van der Waals surface area contributed by atoms with E-state index in [1.807, 2.05) is 0 Å². The molecule has 0 aromatic rings. The lowest BCUT2D eigenvalue weighted by atomic mass is 10.2. The first-order valence-corrected chi connectivity index (χ1v) is 5.76. The number of rotatable bonds is 9. The highest BCUT2D eigenvalue weighted by atomic mass is 16.3. The molecule has 0 saturated heterocycles. The zero-order chi connectivity index (χ0) is 11.8. The molecular formula is C11H26O4. The topological polar surface area (TPSA) is 80.9 Å². The fourth-order valence-electron chi connectivity index (χ4n) is 0.978. The summed E-state index contributed by atoms with van der Waals surface area (Å²) in [5, 5.41) is 32.9. The van der Waals surface area contributed by atoms with E-state index in [0.717, 1.165) is 44.9 Å². The molecule has 4 heteroatoms. The smallest absolute Gasteiger partial charge is 0.0431 e. The summed E-state index contributed by atoms with van der Waals surface area (Å²) in [6, 6.07) is 0. The molecule has 0 aromatic heterocycles. The lowest BCUT2D eigenvalue weighted by Gasteiger charge is -1.95. The van der Waals surface area contributed by atoms with Crippen LogP contribution in [-0.2, 0) is 0 Å². The SMILES string of the molecule is OCCCCCCCO.OCCCCO. The summed E-state index contributed by atoms with van der Waals surface area (Å²) in [5.41, 5.74) is 0. The summed E-state index contributed by atoms with van der Waals surface area (Å²) in [6.45, 7) is 0.999. The van der Waals surface area contributed by atoms with Crippen molar-refractivity contribution < 1.29 is 20.4 Å². The van der Waals surface area contributed by atoms with Crippen LogP contribution in [0.4, 0.5) is 0 Å². The molecule has 0 atom stereocenters. The number of aliphatic hydroxyl groups excluding tert-OH is 4. The Kier molecular flexibility index (Phi) is 22.3. The van der Waals surface area contributed by atoms with Crippen LogP contribution < -0.4 is 0 Å². The predicted molar refractivity (Wildman–Crippen MR) is 60.7 cm³/mol. The van der Waals surface area contributed by atoms with Gasteiger partial charge in [-0.2, -0.15) is 0 Å². The molecule has 0 unspecified atom stereocenters. The summed E-state index contributed by atoms with van der Waals surface area (Å²) in [4.78, 5) is 0. The van der Waals surface area contributed by atoms with Gasteiger partial charge in [-0.3, -0.25) is 0 Å². The third-order valence-corrected chi connectivity index (χ3v) is 1.88. The first kappa shape index (κ1) is 17.2. The summed E-state index contributed by atoms with van der Waals surface area (Å²) >= 11 is 0. The van der Waals surface area contributed by atoms with E-state index < -0.39 is 0 Å². The Bertz CT molecular complexity index is 78.7. The van der Waals surface area contributed by atoms with Gasteiger partial charge in [0.2, 0.25) is 0 Å². The Balaban J connectivity index is 0. The molecule has 0 radical (unpaired) electrons. The highest BCUT2D eigenvalue weighted by Crippen LogP contribution is 2.00. The maximum absolute atomic E-state index is 8.37. The van der Waals surface area contributed by atoms with Gasteiger partial charge in [0.25, 0.3) is 0 Å². The minimum Gasteiger partial charge on any atom is -0.396 e. The molecule has 4 N–H and O–H groups in total. The van der Waals surface area contributed by atoms with Gasteiger partial charge in [0.15, 0.2) is 0 Å². The van der Waals surface area contributed by atoms with Crippen molar-refractivity contribution in [2.24, 2.45) is 0 Å². The number of hydrogen-bond donors (Lipinski definition) is 4. The van der Waals surface area contributed by atoms with Crippen LogP contribution in [-0.4, -0.2) is 46.9 Å². The van der Waals surface area contributed by atoms with Crippen LogP contribution in [0.1, 0.15) is 44.9 Å². The first-order chi connectivity index (χ1) is 7.33. The molecule has 0 fully saturated rings. The quantitative estimate of drug-likeness (QED) is 0.432. The van der Waals surface area contributed by atoms with E-state index in [1.54, 1.807) is 0 Å². The minimum atomic E-state index is 0.195. The lowest BCUT2D eigenvalue weighted by Crippen LogP contribution is -1.85. The van der Waals surface area contributed by atoms with Crippen LogP contribution in [0.15, 0.2) is 0 Å². The average molecular weight is 222 g/mol. The van der Waals surface area contributed by atoms with E-state index >= 15 is 0 Å². The first-order valence-electron chi connectivity index (χ1n) is 5.76. The van der Waals surface area contributed by atoms with Gasteiger partial charge < -0.3 is 20.4 Å². The Morgan fingerprint density at radius 1 is 0.333 bits per heavy atom. The van der Waals surface area contributed by atoms with Gasteiger partial charge in [-0.25, -0.2) is 0 Å². The van der Waals surface area contributed by atoms with Gasteiger partial charge in [0.05, 0.1) is 0 Å². The number of unbranched alkanes of at least 4 members (excludes halogenated alkanes) is 5. The van der Waals surface area contributed by atoms with Crippen LogP contribution in [0, 0.1) is 0 Å². The van der Waals surface area contributed by atoms with E-state index in [0.29, 0.717) is 13.2 Å². The van der Waals surface area contributed by atoms with E-state index in [2.05, 4.69) is 0 Å². The zero-order valence-corrected chi connectivity index (χ0v) is 9.57. The molecule has 94 valence electrons. The third kappa shape index (κ3) is 24.8. The molecule has 0 spiro atoms. The number of hydrogen-bond acceptors (Lipinski definition) is 4. The molecule has 0 bridgehead atoms. The van der Waals surface area contributed by atoms with Crippen molar-refractivity contribution in [2.45, 2.75) is 44.9 Å². The number of aliphatic hydroxyl groups is 4. The Hall–Kier alpha value is -0.160. The maximum atomic E-state index is 8.37. The van der Waals surface area contributed by atoms with Crippen molar-refractivity contribution in [3.8, 4) is 0 Å². The molecular weight excluding hydrogens is 196 g/mol. The molecule has 0 aromatic carbocycles. The lowest BCUT2D eigenvalue weighted by molar-refractivity contribution is 0.242. The normalized spacial score (nSPS) is 9.60. The van der Waals surface area contributed by atoms with Crippen molar-refractivity contribution in [1.82, 2.24) is 0 Å². The van der Waals surface area contributed by atoms with Crippen molar-refractivity contribution in [3.05, 3.63) is 0 Å². The summed E-state index contributed by atoms with van der Waals surface area (Å²) in [6.07, 6.45) is 6.58. The molecule has 4 nitrogen and oxygen atoms in total. The van der Waals surface area contributed by atoms with Crippen molar-refractivity contribution in [1.29, 1.82) is 0 Å². The highest BCUT2D eigenvalue weighted by molar-refractivity contribution is 4.41. The summed E-state index contributed by atoms with van der Waals surface area (Å²) in [7, 11) is 0. The maximum Gasteiger partial charge on any atom is 0.0431 e. The Labute approximate surface area is 92.6 Å². The van der Waals surface area contributed by atoms with Gasteiger partial charge in [-0.1, -0.05) is 19.3 Å². The van der Waals surface area contributed by atoms with Gasteiger partial charge in [-0.15, -0.1) is 0 Å². The van der Waals surface area contributed by atoms with Crippen molar-refractivity contribution in [3.63, 3.8) is 0 Å². The van der Waals surface area contributed by atoms with Crippen molar-refractivity contribution in [2.75, 3.05) is 26.4 Å². The molecule has 0 rings (SSSR count). The molecule has 0 saturated carbocycles. The van der Waals surface area contributed by atoms with E-state index in [4.69, 9.17) is 20.4 Å². The van der Waals surface area contributed by atoms with E-state index in [9.17, 15) is 0 Å². The second-order valence-electron chi connectivity index (χ2n) is 3.37. The van der Waals surface area contributed by atoms with Gasteiger partial charge in [0, 0.05) is 26.4 Å². The van der Waals surface area contributed by atoms with E-state index in [-0.39, 0.29) is 13.2 Å². The van der Waals surface area contributed by atoms with Crippen LogP contribution in [0.3, 0.4) is 0 Å². The van der Waals surface area contributed by atoms with Crippen LogP contribution in [0.5, 0.6) is 0 Å². The van der Waals surface area contributed by atoms with Gasteiger partial charge in [0.1, 0.15) is 0 Å². The summed E-state index contributed by atoms with van der Waals surface area (Å²) in [5.74, 6) is 0. The summed E-state index contributed by atoms with van der Waals surface area (Å²) < 4.78 is 0. The highest BCUT2D eigenvalue weighted by Gasteiger charge is 1.86. The fourth-order valence-corrected chi connectivity index (χ4v) is 0.978. The fraction of sp³-hybridized carbons (Fsp3) is 1.00. The largest absolute Gasteiger partial charge is 0.396 e. The monoisotopic (exact) mass is 222 g/mol. The second kappa shape index (κ2) is 19.4. The third-order valence-electron chi connectivity index (χ3n) is 1.88. The van der Waals surface area contributed by atoms with Crippen molar-refractivity contribution >= 4 is 0 Å². The molecule has 0 aliphatic rings. The van der Waals surface area contributed by atoms with Crippen LogP contribution in [0.2, 0.25) is 0 Å². The van der Waals surface area contributed by atoms with Crippen LogP contribution >= 0.6 is 0 Å². The van der Waals surface area contributed by atoms with E-state index in [1.165, 1.54) is 0 Å². The minimum absolute atomic E-state index is 0.195. The van der Waals surface area contributed by atoms with Gasteiger partial charge in [-0.05, 0) is 25.7 Å². The molecule has 0 aliphatic carbocycles. The standard InChI is InChI=1S/C7H16O2.C4H10O2/c8-6-4-2-1-3-5-7-9;5-3-1-2-4-6/h8-9H,1-7H2;5-6H,1-4H2. The average Bonchev–Trinajstić information content (AvgIpc) is 2.27. The van der Waals surface area contributed by atoms with Gasteiger partial charge >= 0.3 is 0 Å². The Morgan fingerprint density at radius 3 is 0.800 bits per heavy atom.